The van der Waals surface area contributed by atoms with Gasteiger partial charge in [-0.25, -0.2) is 0 Å². The Kier molecular flexibility index (Phi) is 2.13. The Labute approximate surface area is 79.8 Å². The van der Waals surface area contributed by atoms with E-state index in [-0.39, 0.29) is 0 Å². The molecule has 0 saturated carbocycles. The van der Waals surface area contributed by atoms with Crippen molar-refractivity contribution in [2.24, 2.45) is 0 Å². The smallest absolute Gasteiger partial charge is 0.0677 e. The fourth-order valence-corrected chi connectivity index (χ4v) is 1.48. The van der Waals surface area contributed by atoms with Gasteiger partial charge in [-0.1, -0.05) is 0 Å². The van der Waals surface area contributed by atoms with Crippen molar-refractivity contribution >= 4 is 21.5 Å². The predicted molar refractivity (Wildman–Crippen MR) is 52.5 cm³/mol. The van der Waals surface area contributed by atoms with Gasteiger partial charge in [-0.2, -0.15) is 0 Å². The van der Waals surface area contributed by atoms with Crippen LogP contribution < -0.4 is 5.32 Å². The maximum Gasteiger partial charge on any atom is 0.0677 e. The highest BCUT2D eigenvalue weighted by Gasteiger charge is 2.06. The van der Waals surface area contributed by atoms with Gasteiger partial charge in [0.1, 0.15) is 0 Å². The zero-order valence-corrected chi connectivity index (χ0v) is 8.13. The first-order valence-corrected chi connectivity index (χ1v) is 4.70. The van der Waals surface area contributed by atoms with Crippen molar-refractivity contribution in [2.45, 2.75) is 6.42 Å². The number of hydrogen-bond donors (Lipinski definition) is 1. The van der Waals surface area contributed by atoms with Crippen molar-refractivity contribution in [1.29, 1.82) is 0 Å². The van der Waals surface area contributed by atoms with Gasteiger partial charge in [0.25, 0.3) is 0 Å². The summed E-state index contributed by atoms with van der Waals surface area (Å²) in [5.74, 6) is 0. The number of nitrogens with zero attached hydrogens (tertiary/aromatic N) is 1. The lowest BCUT2D eigenvalue weighted by Crippen LogP contribution is -1.96. The average Bonchev–Trinajstić information content (AvgIpc) is 2.58. The molecule has 0 aliphatic carbocycles. The van der Waals surface area contributed by atoms with Gasteiger partial charge in [0.15, 0.2) is 0 Å². The first-order chi connectivity index (χ1) is 5.86. The maximum absolute atomic E-state index is 4.31. The van der Waals surface area contributed by atoms with E-state index in [1.54, 1.807) is 0 Å². The van der Waals surface area contributed by atoms with Crippen molar-refractivity contribution in [3.63, 3.8) is 0 Å². The van der Waals surface area contributed by atoms with Crippen LogP contribution in [0.3, 0.4) is 0 Å². The monoisotopic (exact) mass is 224 g/mol. The lowest BCUT2D eigenvalue weighted by atomic mass is 10.1. The molecule has 0 saturated heterocycles. The SMILES string of the molecule is Brc1ccc(C2=CNCC2)nc1. The van der Waals surface area contributed by atoms with Crippen LogP contribution >= 0.6 is 15.9 Å². The molecule has 0 unspecified atom stereocenters. The second kappa shape index (κ2) is 3.27. The highest BCUT2D eigenvalue weighted by Crippen LogP contribution is 2.19. The van der Waals surface area contributed by atoms with Crippen LogP contribution in [0.15, 0.2) is 29.0 Å². The fraction of sp³-hybridized carbons (Fsp3) is 0.222. The first-order valence-electron chi connectivity index (χ1n) is 3.90. The van der Waals surface area contributed by atoms with Crippen LogP contribution in [0.5, 0.6) is 0 Å². The predicted octanol–water partition coefficient (Wildman–Crippen LogP) is 2.18. The van der Waals surface area contributed by atoms with E-state index in [1.165, 1.54) is 5.57 Å². The summed E-state index contributed by atoms with van der Waals surface area (Å²) in [7, 11) is 0. The van der Waals surface area contributed by atoms with Crippen LogP contribution in [-0.4, -0.2) is 11.5 Å². The molecule has 0 amide bonds. The molecule has 1 aromatic heterocycles. The summed E-state index contributed by atoms with van der Waals surface area (Å²) in [4.78, 5) is 4.31. The Balaban J connectivity index is 2.28. The van der Waals surface area contributed by atoms with E-state index in [0.29, 0.717) is 0 Å². The summed E-state index contributed by atoms with van der Waals surface area (Å²) in [6, 6.07) is 4.05. The molecule has 0 aromatic carbocycles. The second-order valence-electron chi connectivity index (χ2n) is 2.74. The number of nitrogens with one attached hydrogen (secondary N) is 1. The molecule has 1 aliphatic heterocycles. The highest BCUT2D eigenvalue weighted by molar-refractivity contribution is 9.10. The van der Waals surface area contributed by atoms with E-state index in [1.807, 2.05) is 24.5 Å². The molecule has 1 N–H and O–H groups in total. The third kappa shape index (κ3) is 1.50. The molecule has 2 rings (SSSR count). The first kappa shape index (κ1) is 7.80. The van der Waals surface area contributed by atoms with Crippen LogP contribution in [0.4, 0.5) is 0 Å². The molecule has 2 nitrogen and oxygen atoms in total. The Morgan fingerprint density at radius 2 is 2.33 bits per heavy atom. The molecular weight excluding hydrogens is 216 g/mol. The summed E-state index contributed by atoms with van der Waals surface area (Å²) in [5.41, 5.74) is 2.37. The third-order valence-electron chi connectivity index (χ3n) is 1.87. The van der Waals surface area contributed by atoms with Crippen LogP contribution in [0, 0.1) is 0 Å². The molecule has 0 atom stereocenters. The lowest BCUT2D eigenvalue weighted by molar-refractivity contribution is 0.918. The number of rotatable bonds is 1. The minimum atomic E-state index is 1.03. The van der Waals surface area contributed by atoms with Crippen LogP contribution in [-0.2, 0) is 0 Å². The topological polar surface area (TPSA) is 24.9 Å². The van der Waals surface area contributed by atoms with Gasteiger partial charge in [-0.05, 0) is 40.1 Å². The normalized spacial score (nSPS) is 15.6. The maximum atomic E-state index is 4.31. The Morgan fingerprint density at radius 3 is 2.92 bits per heavy atom. The summed E-state index contributed by atoms with van der Waals surface area (Å²) < 4.78 is 1.03. The number of pyridine rings is 1. The fourth-order valence-electron chi connectivity index (χ4n) is 1.24. The zero-order valence-electron chi connectivity index (χ0n) is 6.55. The van der Waals surface area contributed by atoms with E-state index in [9.17, 15) is 0 Å². The zero-order chi connectivity index (χ0) is 8.39. The van der Waals surface area contributed by atoms with E-state index < -0.39 is 0 Å². The van der Waals surface area contributed by atoms with Gasteiger partial charge >= 0.3 is 0 Å². The van der Waals surface area contributed by atoms with Gasteiger partial charge in [0.2, 0.25) is 0 Å². The lowest BCUT2D eigenvalue weighted by Gasteiger charge is -1.98. The molecule has 12 heavy (non-hydrogen) atoms. The standard InChI is InChI=1S/C9H9BrN2/c10-8-1-2-9(12-6-8)7-3-4-11-5-7/h1-2,5-6,11H,3-4H2. The van der Waals surface area contributed by atoms with E-state index in [0.717, 1.165) is 23.1 Å². The Bertz CT molecular complexity index is 303. The highest BCUT2D eigenvalue weighted by atomic mass is 79.9. The van der Waals surface area contributed by atoms with Crippen molar-refractivity contribution < 1.29 is 0 Å². The van der Waals surface area contributed by atoms with Crippen molar-refractivity contribution in [3.8, 4) is 0 Å². The Hall–Kier alpha value is -0.830. The molecule has 0 radical (unpaired) electrons. The van der Waals surface area contributed by atoms with Gasteiger partial charge in [-0.15, -0.1) is 0 Å². The van der Waals surface area contributed by atoms with Gasteiger partial charge in [0.05, 0.1) is 5.69 Å². The largest absolute Gasteiger partial charge is 0.390 e. The number of aromatic nitrogens is 1. The molecule has 1 aromatic rings. The quantitative estimate of drug-likeness (QED) is 0.792. The molecule has 1 aliphatic rings. The summed E-state index contributed by atoms with van der Waals surface area (Å²) in [5, 5.41) is 3.17. The third-order valence-corrected chi connectivity index (χ3v) is 2.34. The van der Waals surface area contributed by atoms with E-state index >= 15 is 0 Å². The van der Waals surface area contributed by atoms with Crippen LogP contribution in [0.1, 0.15) is 12.1 Å². The van der Waals surface area contributed by atoms with E-state index in [4.69, 9.17) is 0 Å². The van der Waals surface area contributed by atoms with Crippen LogP contribution in [0.25, 0.3) is 5.57 Å². The average molecular weight is 225 g/mol. The van der Waals surface area contributed by atoms with Gasteiger partial charge in [-0.3, -0.25) is 4.98 Å². The van der Waals surface area contributed by atoms with Crippen LogP contribution in [0.2, 0.25) is 0 Å². The number of hydrogen-bond acceptors (Lipinski definition) is 2. The summed E-state index contributed by atoms with van der Waals surface area (Å²) in [6.45, 7) is 1.03. The molecular formula is C9H9BrN2. The van der Waals surface area contributed by atoms with Crippen molar-refractivity contribution in [2.75, 3.05) is 6.54 Å². The molecule has 62 valence electrons. The Morgan fingerprint density at radius 1 is 1.42 bits per heavy atom. The molecule has 0 bridgehead atoms. The minimum Gasteiger partial charge on any atom is -0.390 e. The van der Waals surface area contributed by atoms with E-state index in [2.05, 4.69) is 26.2 Å². The molecule has 3 heteroatoms. The van der Waals surface area contributed by atoms with Gasteiger partial charge in [0, 0.05) is 23.4 Å². The molecule has 0 fully saturated rings. The minimum absolute atomic E-state index is 1.03. The van der Waals surface area contributed by atoms with Gasteiger partial charge < -0.3 is 5.32 Å². The summed E-state index contributed by atoms with van der Waals surface area (Å²) >= 11 is 3.36. The summed E-state index contributed by atoms with van der Waals surface area (Å²) in [6.07, 6.45) is 4.94. The van der Waals surface area contributed by atoms with Crippen molar-refractivity contribution in [1.82, 2.24) is 10.3 Å². The molecule has 2 heterocycles. The second-order valence-corrected chi connectivity index (χ2v) is 3.65. The molecule has 0 spiro atoms. The van der Waals surface area contributed by atoms with Crippen molar-refractivity contribution in [3.05, 3.63) is 34.7 Å². The number of halogens is 1.